The smallest absolute Gasteiger partial charge is 0.415 e. The van der Waals surface area contributed by atoms with E-state index in [1.807, 2.05) is 0 Å². The summed E-state index contributed by atoms with van der Waals surface area (Å²) in [5.74, 6) is -0.558. The molecule has 44 heavy (non-hydrogen) atoms. The molecule has 1 aromatic carbocycles. The highest BCUT2D eigenvalue weighted by molar-refractivity contribution is 5.82. The van der Waals surface area contributed by atoms with Crippen molar-refractivity contribution in [2.24, 2.45) is 0 Å². The number of benzene rings is 1. The van der Waals surface area contributed by atoms with Crippen LogP contribution in [0.3, 0.4) is 0 Å². The molecule has 0 saturated carbocycles. The number of Topliss-reactive ketones (excluding diaryl/α,β-unsaturated/α-hetero) is 1. The van der Waals surface area contributed by atoms with E-state index in [2.05, 4.69) is 0 Å². The summed E-state index contributed by atoms with van der Waals surface area (Å²) in [5, 5.41) is 20.7. The quantitative estimate of drug-likeness (QED) is 0.314. The van der Waals surface area contributed by atoms with Crippen molar-refractivity contribution in [2.75, 3.05) is 61.0 Å². The van der Waals surface area contributed by atoms with Gasteiger partial charge in [-0.2, -0.15) is 0 Å². The van der Waals surface area contributed by atoms with Gasteiger partial charge in [-0.05, 0) is 52.3 Å². The number of carbonyl (C=O) groups excluding carboxylic acids is 5. The Morgan fingerprint density at radius 2 is 1.25 bits per heavy atom. The number of aliphatic hydroxyl groups excluding tert-OH is 1. The maximum absolute atomic E-state index is 12.7. The van der Waals surface area contributed by atoms with Crippen LogP contribution in [0.4, 0.5) is 14.4 Å². The molecule has 0 bridgehead atoms. The molecule has 1 rings (SSSR count). The number of ether oxygens (including phenoxy) is 3. The lowest BCUT2D eigenvalue weighted by Crippen LogP contribution is -2.41. The Hall–Kier alpha value is -3.91. The summed E-state index contributed by atoms with van der Waals surface area (Å²) in [6.45, 7) is 8.72. The van der Waals surface area contributed by atoms with Gasteiger partial charge in [-0.25, -0.2) is 14.4 Å². The van der Waals surface area contributed by atoms with Gasteiger partial charge in [-0.15, -0.1) is 0 Å². The highest BCUT2D eigenvalue weighted by atomic mass is 16.6. The van der Waals surface area contributed by atoms with Crippen LogP contribution in [0.25, 0.3) is 0 Å². The zero-order chi connectivity index (χ0) is 33.8. The summed E-state index contributed by atoms with van der Waals surface area (Å²) in [6.07, 6.45) is -3.25. The second kappa shape index (κ2) is 16.8. The minimum atomic E-state index is -1.46. The van der Waals surface area contributed by atoms with E-state index >= 15 is 0 Å². The van der Waals surface area contributed by atoms with Crippen molar-refractivity contribution >= 4 is 30.0 Å². The maximum Gasteiger partial charge on any atom is 0.415 e. The van der Waals surface area contributed by atoms with Crippen LogP contribution in [0.15, 0.2) is 24.3 Å². The average molecular weight is 625 g/mol. The van der Waals surface area contributed by atoms with Gasteiger partial charge in [0.25, 0.3) is 5.91 Å². The average Bonchev–Trinajstić information content (AvgIpc) is 2.91. The fourth-order valence-electron chi connectivity index (χ4n) is 3.67. The molecule has 2 unspecified atom stereocenters. The third-order valence-corrected chi connectivity index (χ3v) is 6.38. The van der Waals surface area contributed by atoms with Crippen LogP contribution >= 0.6 is 0 Å². The Morgan fingerprint density at radius 1 is 0.773 bits per heavy atom. The van der Waals surface area contributed by atoms with Gasteiger partial charge < -0.3 is 44.0 Å². The van der Waals surface area contributed by atoms with Crippen molar-refractivity contribution < 1.29 is 48.4 Å². The normalized spacial score (nSPS) is 13.2. The van der Waals surface area contributed by atoms with Crippen LogP contribution < -0.4 is 4.74 Å². The Bertz CT molecular complexity index is 1130. The molecule has 0 aliphatic rings. The van der Waals surface area contributed by atoms with Crippen molar-refractivity contribution in [1.82, 2.24) is 19.6 Å². The van der Waals surface area contributed by atoms with Crippen molar-refractivity contribution in [3.05, 3.63) is 29.8 Å². The molecule has 0 aromatic heterocycles. The molecule has 0 saturated heterocycles. The minimum Gasteiger partial charge on any atom is -0.449 e. The van der Waals surface area contributed by atoms with Crippen molar-refractivity contribution in [3.8, 4) is 5.75 Å². The monoisotopic (exact) mass is 624 g/mol. The zero-order valence-corrected chi connectivity index (χ0v) is 27.3. The van der Waals surface area contributed by atoms with Gasteiger partial charge in [-0.3, -0.25) is 9.59 Å². The number of hydrogen-bond acceptors (Lipinski definition) is 10. The SMILES string of the molecule is CC(=O)CC(C)(O)CCOC(=O)N(C)CCN(C)C(=O)Oc1ccc(C(O)C(=O)N(C)CCN(C)C(=O)OC(C)(C)C)cc1. The van der Waals surface area contributed by atoms with E-state index in [-0.39, 0.29) is 57.2 Å². The molecule has 0 heterocycles. The van der Waals surface area contributed by atoms with Crippen molar-refractivity contribution in [1.29, 1.82) is 0 Å². The Labute approximate surface area is 259 Å². The number of rotatable bonds is 14. The first-order valence-electron chi connectivity index (χ1n) is 14.2. The van der Waals surface area contributed by atoms with E-state index in [1.54, 1.807) is 27.8 Å². The Morgan fingerprint density at radius 3 is 1.75 bits per heavy atom. The predicted molar refractivity (Wildman–Crippen MR) is 161 cm³/mol. The number of carbonyl (C=O) groups is 5. The summed E-state index contributed by atoms with van der Waals surface area (Å²) in [6, 6.07) is 5.81. The van der Waals surface area contributed by atoms with Gasteiger partial charge in [0.05, 0.1) is 12.2 Å². The highest BCUT2D eigenvalue weighted by Gasteiger charge is 2.25. The zero-order valence-electron chi connectivity index (χ0n) is 27.3. The number of ketones is 1. The summed E-state index contributed by atoms with van der Waals surface area (Å²) < 4.78 is 15.8. The number of nitrogens with zero attached hydrogens (tertiary/aromatic N) is 4. The molecular weight excluding hydrogens is 576 g/mol. The highest BCUT2D eigenvalue weighted by Crippen LogP contribution is 2.20. The fourth-order valence-corrected chi connectivity index (χ4v) is 3.67. The van der Waals surface area contributed by atoms with E-state index in [4.69, 9.17) is 14.2 Å². The van der Waals surface area contributed by atoms with Gasteiger partial charge in [0.15, 0.2) is 6.10 Å². The third kappa shape index (κ3) is 14.0. The van der Waals surface area contributed by atoms with Crippen molar-refractivity contribution in [2.45, 2.75) is 64.8 Å². The number of likely N-dealkylation sites (N-methyl/N-ethyl adjacent to an activating group) is 4. The molecule has 1 aromatic rings. The van der Waals surface area contributed by atoms with Gasteiger partial charge in [0, 0.05) is 67.2 Å². The molecule has 0 fully saturated rings. The lowest BCUT2D eigenvalue weighted by atomic mass is 9.97. The molecule has 4 amide bonds. The third-order valence-electron chi connectivity index (χ3n) is 6.38. The van der Waals surface area contributed by atoms with Gasteiger partial charge in [-0.1, -0.05) is 12.1 Å². The molecule has 14 nitrogen and oxygen atoms in total. The van der Waals surface area contributed by atoms with Crippen LogP contribution in [-0.2, 0) is 19.1 Å². The molecule has 0 spiro atoms. The van der Waals surface area contributed by atoms with Crippen molar-refractivity contribution in [3.63, 3.8) is 0 Å². The summed E-state index contributed by atoms with van der Waals surface area (Å²) >= 11 is 0. The fraction of sp³-hybridized carbons (Fsp3) is 0.633. The molecule has 2 atom stereocenters. The number of amides is 4. The Kier molecular flexibility index (Phi) is 14.6. The molecule has 0 aliphatic carbocycles. The maximum atomic E-state index is 12.7. The predicted octanol–water partition coefficient (Wildman–Crippen LogP) is 2.66. The van der Waals surface area contributed by atoms with Gasteiger partial charge in [0.2, 0.25) is 0 Å². The Balaban J connectivity index is 2.53. The second-order valence-electron chi connectivity index (χ2n) is 12.1. The van der Waals surface area contributed by atoms with Gasteiger partial charge >= 0.3 is 18.3 Å². The summed E-state index contributed by atoms with van der Waals surface area (Å²) in [7, 11) is 6.06. The van der Waals surface area contributed by atoms with E-state index in [0.29, 0.717) is 5.56 Å². The lowest BCUT2D eigenvalue weighted by Gasteiger charge is -2.27. The first kappa shape index (κ1) is 38.1. The van der Waals surface area contributed by atoms with Crippen LogP contribution in [-0.4, -0.2) is 132 Å². The molecular formula is C30H48N4O10. The largest absolute Gasteiger partial charge is 0.449 e. The molecule has 2 N–H and O–H groups in total. The first-order valence-corrected chi connectivity index (χ1v) is 14.2. The standard InChI is InChI=1S/C30H48N4O10/c1-21(35)20-30(5,41)14-19-42-26(38)32(7)17-18-33(8)27(39)43-23-12-10-22(11-13-23)24(36)25(37)31(6)15-16-34(9)28(40)44-29(2,3)4/h10-13,24,36,41H,14-20H2,1-9H3. The summed E-state index contributed by atoms with van der Waals surface area (Å²) in [5.41, 5.74) is -1.62. The minimum absolute atomic E-state index is 0.0389. The number of hydrogen-bond donors (Lipinski definition) is 2. The van der Waals surface area contributed by atoms with Crippen LogP contribution in [0.2, 0.25) is 0 Å². The van der Waals surface area contributed by atoms with E-state index in [0.717, 1.165) is 0 Å². The van der Waals surface area contributed by atoms with E-state index in [1.165, 1.54) is 78.9 Å². The molecule has 0 radical (unpaired) electrons. The topological polar surface area (TPSA) is 166 Å². The van der Waals surface area contributed by atoms with E-state index < -0.39 is 41.5 Å². The molecule has 0 aliphatic heterocycles. The van der Waals surface area contributed by atoms with Crippen LogP contribution in [0.5, 0.6) is 5.75 Å². The van der Waals surface area contributed by atoms with Crippen LogP contribution in [0.1, 0.15) is 59.1 Å². The molecule has 248 valence electrons. The lowest BCUT2D eigenvalue weighted by molar-refractivity contribution is -0.139. The molecule has 14 heteroatoms. The van der Waals surface area contributed by atoms with Crippen LogP contribution in [0, 0.1) is 0 Å². The summed E-state index contributed by atoms with van der Waals surface area (Å²) in [4.78, 5) is 65.9. The first-order chi connectivity index (χ1) is 20.2. The number of aliphatic hydroxyl groups is 2. The van der Waals surface area contributed by atoms with Gasteiger partial charge in [0.1, 0.15) is 17.1 Å². The second-order valence-corrected chi connectivity index (χ2v) is 12.1. The van der Waals surface area contributed by atoms with E-state index in [9.17, 15) is 34.2 Å².